The second-order valence-corrected chi connectivity index (χ2v) is 7.22. The van der Waals surface area contributed by atoms with Gasteiger partial charge in [-0.3, -0.25) is 4.90 Å². The summed E-state index contributed by atoms with van der Waals surface area (Å²) in [5, 5.41) is 2.78. The predicted molar refractivity (Wildman–Crippen MR) is 90.9 cm³/mol. The van der Waals surface area contributed by atoms with Gasteiger partial charge in [-0.15, -0.1) is 0 Å². The maximum atomic E-state index is 14.0. The first-order chi connectivity index (χ1) is 11.2. The van der Waals surface area contributed by atoms with Crippen molar-refractivity contribution in [3.8, 4) is 5.75 Å². The molecule has 0 saturated carbocycles. The number of nitrogens with zero attached hydrogens (tertiary/aromatic N) is 1. The molecule has 1 aromatic rings. The van der Waals surface area contributed by atoms with Crippen molar-refractivity contribution in [3.63, 3.8) is 0 Å². The van der Waals surface area contributed by atoms with Crippen LogP contribution in [0.4, 0.5) is 9.18 Å². The molecule has 1 heterocycles. The molecule has 0 radical (unpaired) electrons. The summed E-state index contributed by atoms with van der Waals surface area (Å²) in [6.45, 7) is 7.03. The van der Waals surface area contributed by atoms with E-state index in [9.17, 15) is 9.18 Å². The van der Waals surface area contributed by atoms with Crippen LogP contribution in [-0.4, -0.2) is 49.0 Å². The molecule has 1 aliphatic rings. The number of hydrogen-bond donors (Lipinski definition) is 1. The van der Waals surface area contributed by atoms with Gasteiger partial charge in [-0.25, -0.2) is 9.18 Å². The Morgan fingerprint density at radius 3 is 2.54 bits per heavy atom. The molecule has 0 unspecified atom stereocenters. The first-order valence-corrected chi connectivity index (χ1v) is 8.24. The average molecular weight is 338 g/mol. The van der Waals surface area contributed by atoms with Crippen LogP contribution >= 0.6 is 0 Å². The molecule has 1 N–H and O–H groups in total. The Balaban J connectivity index is 1.90. The summed E-state index contributed by atoms with van der Waals surface area (Å²) in [6.07, 6.45) is -1.14. The third-order valence-electron chi connectivity index (χ3n) is 3.76. The van der Waals surface area contributed by atoms with Crippen molar-refractivity contribution < 1.29 is 18.7 Å². The molecule has 6 heteroatoms. The number of hydrogen-bond acceptors (Lipinski definition) is 4. The van der Waals surface area contributed by atoms with Crippen LogP contribution < -0.4 is 10.1 Å². The normalized spacial score (nSPS) is 22.0. The van der Waals surface area contributed by atoms with Gasteiger partial charge in [0.1, 0.15) is 17.5 Å². The minimum absolute atomic E-state index is 0.248. The van der Waals surface area contributed by atoms with Crippen LogP contribution in [0.15, 0.2) is 24.3 Å². The van der Waals surface area contributed by atoms with Crippen LogP contribution in [0.1, 0.15) is 32.8 Å². The maximum Gasteiger partial charge on any atom is 0.407 e. The summed E-state index contributed by atoms with van der Waals surface area (Å²) in [5.74, 6) is 0.797. The summed E-state index contributed by atoms with van der Waals surface area (Å²) < 4.78 is 24.4. The third-order valence-corrected chi connectivity index (χ3v) is 3.76. The lowest BCUT2D eigenvalue weighted by molar-refractivity contribution is 0.0425. The number of alkyl carbamates (subject to hydrolysis) is 1. The highest BCUT2D eigenvalue weighted by Gasteiger charge is 2.29. The number of amides is 1. The zero-order valence-corrected chi connectivity index (χ0v) is 14.8. The number of rotatable bonds is 4. The summed E-state index contributed by atoms with van der Waals surface area (Å²) in [4.78, 5) is 13.9. The fourth-order valence-electron chi connectivity index (χ4n) is 2.82. The summed E-state index contributed by atoms with van der Waals surface area (Å²) >= 11 is 0. The van der Waals surface area contributed by atoms with E-state index in [1.54, 1.807) is 27.9 Å². The van der Waals surface area contributed by atoms with Gasteiger partial charge >= 0.3 is 6.09 Å². The van der Waals surface area contributed by atoms with Crippen LogP contribution in [0.25, 0.3) is 0 Å². The van der Waals surface area contributed by atoms with Gasteiger partial charge < -0.3 is 14.8 Å². The maximum absolute atomic E-state index is 14.0. The van der Waals surface area contributed by atoms with E-state index in [1.807, 2.05) is 29.2 Å². The number of carbonyl (C=O) groups excluding carboxylic acids is 1. The van der Waals surface area contributed by atoms with Gasteiger partial charge in [0, 0.05) is 32.1 Å². The van der Waals surface area contributed by atoms with E-state index in [2.05, 4.69) is 5.32 Å². The molecule has 2 rings (SSSR count). The van der Waals surface area contributed by atoms with Crippen LogP contribution in [0.3, 0.4) is 0 Å². The number of halogens is 1. The molecule has 1 saturated heterocycles. The van der Waals surface area contributed by atoms with Crippen molar-refractivity contribution in [2.75, 3.05) is 20.2 Å². The number of likely N-dealkylation sites (tertiary alicyclic amines) is 1. The SMILES string of the molecule is COc1ccc(CN2C[C@H](F)C[C@@H](NC(=O)OC(C)(C)C)C2)cc1. The quantitative estimate of drug-likeness (QED) is 0.916. The molecule has 5 nitrogen and oxygen atoms in total. The largest absolute Gasteiger partial charge is 0.497 e. The highest BCUT2D eigenvalue weighted by atomic mass is 19.1. The Morgan fingerprint density at radius 1 is 1.29 bits per heavy atom. The van der Waals surface area contributed by atoms with Gasteiger partial charge in [0.15, 0.2) is 0 Å². The molecule has 24 heavy (non-hydrogen) atoms. The Hall–Kier alpha value is -1.82. The first kappa shape index (κ1) is 18.5. The Morgan fingerprint density at radius 2 is 1.96 bits per heavy atom. The van der Waals surface area contributed by atoms with Crippen LogP contribution in [-0.2, 0) is 11.3 Å². The van der Waals surface area contributed by atoms with Gasteiger partial charge in [0.2, 0.25) is 0 Å². The zero-order valence-electron chi connectivity index (χ0n) is 14.8. The van der Waals surface area contributed by atoms with Crippen LogP contribution in [0.5, 0.6) is 5.75 Å². The van der Waals surface area contributed by atoms with E-state index in [1.165, 1.54) is 0 Å². The average Bonchev–Trinajstić information content (AvgIpc) is 2.45. The Bertz CT molecular complexity index is 542. The van der Waals surface area contributed by atoms with E-state index >= 15 is 0 Å². The van der Waals surface area contributed by atoms with Gasteiger partial charge in [-0.2, -0.15) is 0 Å². The van der Waals surface area contributed by atoms with E-state index in [0.29, 0.717) is 26.1 Å². The standard InChI is InChI=1S/C18H27FN2O3/c1-18(2,3)24-17(22)20-15-9-14(19)11-21(12-15)10-13-5-7-16(23-4)8-6-13/h5-8,14-15H,9-12H2,1-4H3,(H,20,22)/t14-,15-/m1/s1. The lowest BCUT2D eigenvalue weighted by Gasteiger charge is -2.35. The van der Waals surface area contributed by atoms with E-state index < -0.39 is 17.9 Å². The van der Waals surface area contributed by atoms with Crippen molar-refractivity contribution in [1.82, 2.24) is 10.2 Å². The molecule has 134 valence electrons. The fraction of sp³-hybridized carbons (Fsp3) is 0.611. The minimum Gasteiger partial charge on any atom is -0.497 e. The monoisotopic (exact) mass is 338 g/mol. The summed E-state index contributed by atoms with van der Waals surface area (Å²) in [7, 11) is 1.63. The molecule has 0 aliphatic carbocycles. The predicted octanol–water partition coefficient (Wildman–Crippen LogP) is 3.13. The van der Waals surface area contributed by atoms with Crippen molar-refractivity contribution in [2.45, 2.75) is 51.6 Å². The number of alkyl halides is 1. The number of nitrogens with one attached hydrogen (secondary N) is 1. The molecule has 0 spiro atoms. The van der Waals surface area contributed by atoms with Gasteiger partial charge in [0.25, 0.3) is 0 Å². The van der Waals surface area contributed by atoms with Gasteiger partial charge in [-0.1, -0.05) is 12.1 Å². The highest BCUT2D eigenvalue weighted by molar-refractivity contribution is 5.68. The van der Waals surface area contributed by atoms with Gasteiger partial charge in [-0.05, 0) is 38.5 Å². The summed E-state index contributed by atoms with van der Waals surface area (Å²) in [5.41, 5.74) is 0.525. The molecule has 0 bridgehead atoms. The number of benzene rings is 1. The Labute approximate surface area is 143 Å². The topological polar surface area (TPSA) is 50.8 Å². The van der Waals surface area contributed by atoms with Gasteiger partial charge in [0.05, 0.1) is 7.11 Å². The Kier molecular flexibility index (Phi) is 6.04. The molecule has 1 aromatic carbocycles. The lowest BCUT2D eigenvalue weighted by atomic mass is 10.0. The zero-order chi connectivity index (χ0) is 17.7. The van der Waals surface area contributed by atoms with Crippen LogP contribution in [0.2, 0.25) is 0 Å². The first-order valence-electron chi connectivity index (χ1n) is 8.24. The number of methoxy groups -OCH3 is 1. The summed E-state index contributed by atoms with van der Waals surface area (Å²) in [6, 6.07) is 7.47. The number of ether oxygens (including phenoxy) is 2. The number of carbonyl (C=O) groups is 1. The van der Waals surface area contributed by atoms with E-state index in [4.69, 9.17) is 9.47 Å². The minimum atomic E-state index is -0.961. The van der Waals surface area contributed by atoms with Crippen molar-refractivity contribution in [2.24, 2.45) is 0 Å². The molecular weight excluding hydrogens is 311 g/mol. The van der Waals surface area contributed by atoms with Crippen molar-refractivity contribution in [3.05, 3.63) is 29.8 Å². The van der Waals surface area contributed by atoms with Crippen molar-refractivity contribution in [1.29, 1.82) is 0 Å². The molecule has 1 fully saturated rings. The second-order valence-electron chi connectivity index (χ2n) is 7.22. The molecule has 1 aliphatic heterocycles. The lowest BCUT2D eigenvalue weighted by Crippen LogP contribution is -2.52. The van der Waals surface area contributed by atoms with E-state index in [0.717, 1.165) is 11.3 Å². The fourth-order valence-corrected chi connectivity index (χ4v) is 2.82. The van der Waals surface area contributed by atoms with Crippen molar-refractivity contribution >= 4 is 6.09 Å². The molecular formula is C18H27FN2O3. The third kappa shape index (κ3) is 6.00. The van der Waals surface area contributed by atoms with E-state index in [-0.39, 0.29) is 6.04 Å². The second kappa shape index (κ2) is 7.83. The molecule has 0 aromatic heterocycles. The highest BCUT2D eigenvalue weighted by Crippen LogP contribution is 2.19. The van der Waals surface area contributed by atoms with Crippen LogP contribution in [0, 0.1) is 0 Å². The number of piperidine rings is 1. The molecule has 1 amide bonds. The smallest absolute Gasteiger partial charge is 0.407 e. The molecule has 2 atom stereocenters.